The summed E-state index contributed by atoms with van der Waals surface area (Å²) in [6.45, 7) is 29.2. The van der Waals surface area contributed by atoms with Crippen LogP contribution in [0.1, 0.15) is 94.2 Å². The molecule has 0 aliphatic rings. The van der Waals surface area contributed by atoms with Crippen LogP contribution in [0.15, 0.2) is 48.5 Å². The average molecular weight is 471 g/mol. The molecule has 2 heteroatoms. The van der Waals surface area contributed by atoms with Gasteiger partial charge in [0.1, 0.15) is 0 Å². The molecule has 0 aliphatic carbocycles. The molecule has 0 heterocycles. The number of rotatable bonds is 5. The highest BCUT2D eigenvalue weighted by atomic mass is 31.1. The molecule has 2 rings (SSSR count). The zero-order chi connectivity index (χ0) is 24.5. The summed E-state index contributed by atoms with van der Waals surface area (Å²) in [5.41, 5.74) is 5.93. The molecule has 0 spiro atoms. The van der Waals surface area contributed by atoms with Crippen molar-refractivity contribution in [2.45, 2.75) is 116 Å². The minimum absolute atomic E-state index is 0.185. The van der Waals surface area contributed by atoms with Crippen LogP contribution in [0, 0.1) is 0 Å². The Morgan fingerprint density at radius 3 is 0.938 bits per heavy atom. The average Bonchev–Trinajstić information content (AvgIpc) is 2.61. The highest BCUT2D eigenvalue weighted by Crippen LogP contribution is 2.63. The first-order valence-electron chi connectivity index (χ1n) is 12.1. The molecule has 0 fully saturated rings. The molecule has 0 atom stereocenters. The minimum atomic E-state index is -0.185. The van der Waals surface area contributed by atoms with Gasteiger partial charge in [-0.1, -0.05) is 147 Å². The first-order chi connectivity index (χ1) is 14.4. The van der Waals surface area contributed by atoms with Crippen LogP contribution in [0.25, 0.3) is 11.1 Å². The van der Waals surface area contributed by atoms with Crippen molar-refractivity contribution >= 4 is 15.8 Å². The summed E-state index contributed by atoms with van der Waals surface area (Å²) in [7, 11) is -0.370. The zero-order valence-corrected chi connectivity index (χ0v) is 24.7. The molecule has 0 saturated carbocycles. The Hall–Kier alpha value is -0.700. The Kier molecular flexibility index (Phi) is 8.51. The van der Waals surface area contributed by atoms with E-state index < -0.39 is 0 Å². The van der Waals surface area contributed by atoms with E-state index in [1.54, 1.807) is 0 Å². The molecule has 32 heavy (non-hydrogen) atoms. The second-order valence-electron chi connectivity index (χ2n) is 13.2. The number of benzene rings is 2. The van der Waals surface area contributed by atoms with E-state index in [2.05, 4.69) is 132 Å². The van der Waals surface area contributed by atoms with Gasteiger partial charge in [-0.2, -0.15) is 0 Å². The van der Waals surface area contributed by atoms with Crippen LogP contribution in [0.5, 0.6) is 0 Å². The largest absolute Gasteiger partial charge is 0.0911 e. The van der Waals surface area contributed by atoms with Gasteiger partial charge in [0.15, 0.2) is 0 Å². The van der Waals surface area contributed by atoms with Crippen molar-refractivity contribution in [2.75, 3.05) is 0 Å². The van der Waals surface area contributed by atoms with Crippen LogP contribution in [-0.4, -0.2) is 20.6 Å². The molecule has 0 bridgehead atoms. The predicted octanol–water partition coefficient (Wildman–Crippen LogP) is 10.5. The van der Waals surface area contributed by atoms with Crippen LogP contribution in [0.2, 0.25) is 0 Å². The first-order valence-corrected chi connectivity index (χ1v) is 15.2. The fourth-order valence-electron chi connectivity index (χ4n) is 5.14. The molecule has 0 aliphatic heterocycles. The van der Waals surface area contributed by atoms with Gasteiger partial charge in [0, 0.05) is 0 Å². The van der Waals surface area contributed by atoms with Crippen molar-refractivity contribution in [3.8, 4) is 11.1 Å². The van der Waals surface area contributed by atoms with Crippen molar-refractivity contribution in [3.05, 3.63) is 59.7 Å². The lowest BCUT2D eigenvalue weighted by atomic mass is 9.97. The summed E-state index contributed by atoms with van der Waals surface area (Å²) in [5.74, 6) is 0. The normalized spacial score (nSPS) is 13.8. The van der Waals surface area contributed by atoms with Crippen LogP contribution in [0.3, 0.4) is 0 Å². The first kappa shape index (κ1) is 27.5. The van der Waals surface area contributed by atoms with Gasteiger partial charge in [-0.15, -0.1) is 0 Å². The molecule has 0 amide bonds. The van der Waals surface area contributed by atoms with E-state index >= 15 is 0 Å². The Balaban J connectivity index is 2.56. The van der Waals surface area contributed by atoms with E-state index in [0.717, 1.165) is 0 Å². The van der Waals surface area contributed by atoms with E-state index in [4.69, 9.17) is 0 Å². The minimum Gasteiger partial charge on any atom is -0.0911 e. The third kappa shape index (κ3) is 7.15. The fraction of sp³-hybridized carbons (Fsp3) is 0.600. The van der Waals surface area contributed by atoms with E-state index in [1.807, 2.05) is 0 Å². The molecule has 178 valence electrons. The smallest absolute Gasteiger partial charge is 0.00575 e. The molecule has 2 aromatic rings. The molecule has 0 N–H and O–H groups in total. The SMILES string of the molecule is CC(C)(C)P(Cc1ccccc1-c1ccccc1CP(C(C)(C)C)C(C)(C)C)C(C)(C)C. The van der Waals surface area contributed by atoms with Crippen molar-refractivity contribution < 1.29 is 0 Å². The summed E-state index contributed by atoms with van der Waals surface area (Å²) in [6, 6.07) is 18.4. The Labute approximate surface area is 202 Å². The third-order valence-corrected chi connectivity index (χ3v) is 14.0. The molecule has 0 radical (unpaired) electrons. The standard InChI is InChI=1S/C30H48P2/c1-27(2,3)31(28(4,5)6)21-23-17-13-15-19-25(23)26-20-16-14-18-24(26)22-32(29(7,8)9)30(10,11)12/h13-20H,21-22H2,1-12H3. The maximum absolute atomic E-state index is 2.43. The van der Waals surface area contributed by atoms with Gasteiger partial charge < -0.3 is 0 Å². The monoisotopic (exact) mass is 470 g/mol. The molecule has 2 aromatic carbocycles. The van der Waals surface area contributed by atoms with Gasteiger partial charge in [-0.25, -0.2) is 0 Å². The second kappa shape index (κ2) is 9.88. The van der Waals surface area contributed by atoms with Gasteiger partial charge in [0.2, 0.25) is 0 Å². The van der Waals surface area contributed by atoms with Crippen LogP contribution in [0.4, 0.5) is 0 Å². The fourth-order valence-corrected chi connectivity index (χ4v) is 12.3. The van der Waals surface area contributed by atoms with Gasteiger partial charge >= 0.3 is 0 Å². The van der Waals surface area contributed by atoms with E-state index in [-0.39, 0.29) is 15.8 Å². The Morgan fingerprint density at radius 2 is 0.688 bits per heavy atom. The van der Waals surface area contributed by atoms with Crippen molar-refractivity contribution in [1.82, 2.24) is 0 Å². The van der Waals surface area contributed by atoms with E-state index in [1.165, 1.54) is 34.6 Å². The van der Waals surface area contributed by atoms with Gasteiger partial charge in [-0.05, 0) is 55.2 Å². The number of hydrogen-bond acceptors (Lipinski definition) is 0. The molecule has 0 unspecified atom stereocenters. The molecule has 0 aromatic heterocycles. The maximum Gasteiger partial charge on any atom is -0.00575 e. The lowest BCUT2D eigenvalue weighted by Crippen LogP contribution is -2.26. The second-order valence-corrected chi connectivity index (χ2v) is 20.9. The summed E-state index contributed by atoms with van der Waals surface area (Å²) in [5, 5.41) is 1.31. The summed E-state index contributed by atoms with van der Waals surface area (Å²) >= 11 is 0. The summed E-state index contributed by atoms with van der Waals surface area (Å²) in [6.07, 6.45) is 2.36. The number of hydrogen-bond donors (Lipinski definition) is 0. The van der Waals surface area contributed by atoms with Gasteiger partial charge in [-0.3, -0.25) is 0 Å². The highest BCUT2D eigenvalue weighted by Gasteiger charge is 2.36. The Bertz CT molecular complexity index is 779. The van der Waals surface area contributed by atoms with Crippen molar-refractivity contribution in [2.24, 2.45) is 0 Å². The predicted molar refractivity (Wildman–Crippen MR) is 152 cm³/mol. The van der Waals surface area contributed by atoms with Gasteiger partial charge in [0.05, 0.1) is 0 Å². The zero-order valence-electron chi connectivity index (χ0n) is 22.9. The van der Waals surface area contributed by atoms with Gasteiger partial charge in [0.25, 0.3) is 0 Å². The van der Waals surface area contributed by atoms with Crippen LogP contribution in [-0.2, 0) is 12.3 Å². The third-order valence-electron chi connectivity index (χ3n) is 6.22. The summed E-state index contributed by atoms with van der Waals surface area (Å²) < 4.78 is 0. The van der Waals surface area contributed by atoms with Crippen LogP contribution >= 0.6 is 15.8 Å². The molecule has 0 nitrogen and oxygen atoms in total. The summed E-state index contributed by atoms with van der Waals surface area (Å²) in [4.78, 5) is 0. The molecular formula is C30H48P2. The topological polar surface area (TPSA) is 0 Å². The Morgan fingerprint density at radius 1 is 0.438 bits per heavy atom. The van der Waals surface area contributed by atoms with Crippen molar-refractivity contribution in [3.63, 3.8) is 0 Å². The van der Waals surface area contributed by atoms with Crippen molar-refractivity contribution in [1.29, 1.82) is 0 Å². The molecular weight excluding hydrogens is 422 g/mol. The molecule has 0 saturated heterocycles. The van der Waals surface area contributed by atoms with E-state index in [9.17, 15) is 0 Å². The maximum atomic E-state index is 2.43. The highest BCUT2D eigenvalue weighted by molar-refractivity contribution is 7.60. The lowest BCUT2D eigenvalue weighted by Gasteiger charge is -2.42. The van der Waals surface area contributed by atoms with E-state index in [0.29, 0.717) is 20.6 Å². The quantitative estimate of drug-likeness (QED) is 0.381. The van der Waals surface area contributed by atoms with Crippen LogP contribution < -0.4 is 0 Å². The lowest BCUT2D eigenvalue weighted by molar-refractivity contribution is 0.702.